The van der Waals surface area contributed by atoms with Crippen molar-refractivity contribution in [3.8, 4) is 0 Å². The molecule has 3 nitrogen and oxygen atoms in total. The molecule has 1 aliphatic rings. The Hall–Kier alpha value is -0.120. The van der Waals surface area contributed by atoms with Gasteiger partial charge in [-0.15, -0.1) is 0 Å². The van der Waals surface area contributed by atoms with E-state index in [0.717, 1.165) is 12.5 Å². The van der Waals surface area contributed by atoms with Crippen LogP contribution in [0.15, 0.2) is 0 Å². The molecule has 0 aromatic carbocycles. The predicted molar refractivity (Wildman–Crippen MR) is 52.6 cm³/mol. The lowest BCUT2D eigenvalue weighted by atomic mass is 9.99. The van der Waals surface area contributed by atoms with E-state index in [1.807, 2.05) is 0 Å². The molecule has 78 valence electrons. The smallest absolute Gasteiger partial charge is 0.169 e. The Labute approximate surface area is 80.8 Å². The van der Waals surface area contributed by atoms with Gasteiger partial charge in [0, 0.05) is 26.3 Å². The van der Waals surface area contributed by atoms with Crippen molar-refractivity contribution >= 4 is 0 Å². The highest BCUT2D eigenvalue weighted by molar-refractivity contribution is 4.94. The summed E-state index contributed by atoms with van der Waals surface area (Å²) in [6.07, 6.45) is 2.58. The molecule has 0 saturated heterocycles. The molecule has 1 rings (SSSR count). The van der Waals surface area contributed by atoms with Gasteiger partial charge in [0.1, 0.15) is 0 Å². The van der Waals surface area contributed by atoms with Crippen molar-refractivity contribution in [1.82, 2.24) is 5.32 Å². The number of hydrogen-bond donors (Lipinski definition) is 1. The molecule has 0 radical (unpaired) electrons. The van der Waals surface area contributed by atoms with Crippen LogP contribution in [0.3, 0.4) is 0 Å². The molecule has 0 unspecified atom stereocenters. The maximum atomic E-state index is 5.11. The van der Waals surface area contributed by atoms with Crippen LogP contribution in [0.25, 0.3) is 0 Å². The fraction of sp³-hybridized carbons (Fsp3) is 1.00. The quantitative estimate of drug-likeness (QED) is 0.637. The second-order valence-corrected chi connectivity index (χ2v) is 4.28. The van der Waals surface area contributed by atoms with Gasteiger partial charge in [-0.1, -0.05) is 0 Å². The summed E-state index contributed by atoms with van der Waals surface area (Å²) in [6.45, 7) is 5.25. The standard InChI is InChI=1S/C10H21NO2/c1-10(2,8-5-6-8)11-7-9(12-3)13-4/h8-9,11H,5-7H2,1-4H3. The van der Waals surface area contributed by atoms with E-state index in [1.54, 1.807) is 14.2 Å². The van der Waals surface area contributed by atoms with Gasteiger partial charge >= 0.3 is 0 Å². The molecule has 0 aliphatic heterocycles. The first-order valence-corrected chi connectivity index (χ1v) is 4.90. The molecule has 13 heavy (non-hydrogen) atoms. The zero-order chi connectivity index (χ0) is 9.90. The third-order valence-corrected chi connectivity index (χ3v) is 2.85. The lowest BCUT2D eigenvalue weighted by Gasteiger charge is -2.28. The molecule has 1 saturated carbocycles. The van der Waals surface area contributed by atoms with Gasteiger partial charge in [0.05, 0.1) is 0 Å². The molecule has 1 aliphatic carbocycles. The summed E-state index contributed by atoms with van der Waals surface area (Å²) in [6, 6.07) is 0. The second kappa shape index (κ2) is 4.40. The highest BCUT2D eigenvalue weighted by Gasteiger charge is 2.37. The van der Waals surface area contributed by atoms with Crippen LogP contribution in [0, 0.1) is 5.92 Å². The Morgan fingerprint density at radius 2 is 1.85 bits per heavy atom. The third kappa shape index (κ3) is 3.25. The Morgan fingerprint density at radius 3 is 2.23 bits per heavy atom. The Balaban J connectivity index is 2.23. The number of hydrogen-bond acceptors (Lipinski definition) is 3. The van der Waals surface area contributed by atoms with E-state index in [4.69, 9.17) is 9.47 Å². The van der Waals surface area contributed by atoms with Crippen LogP contribution in [0.2, 0.25) is 0 Å². The molecular formula is C10H21NO2. The molecular weight excluding hydrogens is 166 g/mol. The van der Waals surface area contributed by atoms with Crippen molar-refractivity contribution in [3.63, 3.8) is 0 Å². The van der Waals surface area contributed by atoms with Crippen molar-refractivity contribution in [2.45, 2.75) is 38.5 Å². The second-order valence-electron chi connectivity index (χ2n) is 4.28. The van der Waals surface area contributed by atoms with Gasteiger partial charge in [0.25, 0.3) is 0 Å². The average Bonchev–Trinajstić information content (AvgIpc) is 2.88. The third-order valence-electron chi connectivity index (χ3n) is 2.85. The minimum absolute atomic E-state index is 0.127. The fourth-order valence-electron chi connectivity index (χ4n) is 1.56. The van der Waals surface area contributed by atoms with E-state index < -0.39 is 0 Å². The van der Waals surface area contributed by atoms with Gasteiger partial charge in [-0.2, -0.15) is 0 Å². The summed E-state index contributed by atoms with van der Waals surface area (Å²) in [5, 5.41) is 3.47. The van der Waals surface area contributed by atoms with Crippen LogP contribution in [-0.4, -0.2) is 32.6 Å². The van der Waals surface area contributed by atoms with E-state index in [9.17, 15) is 0 Å². The van der Waals surface area contributed by atoms with Crippen molar-refractivity contribution in [2.75, 3.05) is 20.8 Å². The number of nitrogens with one attached hydrogen (secondary N) is 1. The Kier molecular flexibility index (Phi) is 3.71. The number of ether oxygens (including phenoxy) is 2. The average molecular weight is 187 g/mol. The fourth-order valence-corrected chi connectivity index (χ4v) is 1.56. The van der Waals surface area contributed by atoms with Crippen molar-refractivity contribution in [2.24, 2.45) is 5.92 Å². The zero-order valence-corrected chi connectivity index (χ0v) is 9.09. The summed E-state index contributed by atoms with van der Waals surface area (Å²) in [5.74, 6) is 0.835. The first-order chi connectivity index (χ1) is 6.10. The van der Waals surface area contributed by atoms with E-state index in [-0.39, 0.29) is 11.8 Å². The molecule has 0 bridgehead atoms. The minimum Gasteiger partial charge on any atom is -0.355 e. The molecule has 0 amide bonds. The van der Waals surface area contributed by atoms with Crippen molar-refractivity contribution in [3.05, 3.63) is 0 Å². The SMILES string of the molecule is COC(CNC(C)(C)C1CC1)OC. The molecule has 1 N–H and O–H groups in total. The van der Waals surface area contributed by atoms with Crippen LogP contribution < -0.4 is 5.32 Å². The monoisotopic (exact) mass is 187 g/mol. The number of methoxy groups -OCH3 is 2. The molecule has 0 aromatic rings. The summed E-state index contributed by atoms with van der Waals surface area (Å²) < 4.78 is 10.2. The van der Waals surface area contributed by atoms with Crippen LogP contribution in [0.4, 0.5) is 0 Å². The molecule has 3 heteroatoms. The lowest BCUT2D eigenvalue weighted by molar-refractivity contribution is -0.102. The van der Waals surface area contributed by atoms with Crippen molar-refractivity contribution in [1.29, 1.82) is 0 Å². The summed E-state index contributed by atoms with van der Waals surface area (Å²) >= 11 is 0. The largest absolute Gasteiger partial charge is 0.355 e. The first-order valence-electron chi connectivity index (χ1n) is 4.90. The minimum atomic E-state index is -0.127. The maximum absolute atomic E-state index is 5.11. The van der Waals surface area contributed by atoms with Gasteiger partial charge in [0.15, 0.2) is 6.29 Å². The predicted octanol–water partition coefficient (Wildman–Crippen LogP) is 1.38. The lowest BCUT2D eigenvalue weighted by Crippen LogP contribution is -2.45. The van der Waals surface area contributed by atoms with Gasteiger partial charge in [0.2, 0.25) is 0 Å². The highest BCUT2D eigenvalue weighted by atomic mass is 16.7. The summed E-state index contributed by atoms with van der Waals surface area (Å²) in [4.78, 5) is 0. The molecule has 0 spiro atoms. The first kappa shape index (κ1) is 11.0. The normalized spacial score (nSPS) is 18.2. The van der Waals surface area contributed by atoms with Gasteiger partial charge < -0.3 is 14.8 Å². The maximum Gasteiger partial charge on any atom is 0.169 e. The summed E-state index contributed by atoms with van der Waals surface area (Å²) in [5.41, 5.74) is 0.231. The highest BCUT2D eigenvalue weighted by Crippen LogP contribution is 2.39. The van der Waals surface area contributed by atoms with Crippen LogP contribution in [0.1, 0.15) is 26.7 Å². The van der Waals surface area contributed by atoms with Crippen LogP contribution in [-0.2, 0) is 9.47 Å². The van der Waals surface area contributed by atoms with Gasteiger partial charge in [-0.3, -0.25) is 0 Å². The Morgan fingerprint density at radius 1 is 1.31 bits per heavy atom. The summed E-state index contributed by atoms with van der Waals surface area (Å²) in [7, 11) is 3.33. The Bertz CT molecular complexity index is 151. The van der Waals surface area contributed by atoms with E-state index >= 15 is 0 Å². The van der Waals surface area contributed by atoms with E-state index in [1.165, 1.54) is 12.8 Å². The molecule has 1 fully saturated rings. The topological polar surface area (TPSA) is 30.5 Å². The van der Waals surface area contributed by atoms with Crippen LogP contribution in [0.5, 0.6) is 0 Å². The van der Waals surface area contributed by atoms with Gasteiger partial charge in [-0.05, 0) is 32.6 Å². The number of rotatable bonds is 6. The van der Waals surface area contributed by atoms with E-state index in [2.05, 4.69) is 19.2 Å². The van der Waals surface area contributed by atoms with Crippen LogP contribution >= 0.6 is 0 Å². The molecule has 0 heterocycles. The van der Waals surface area contributed by atoms with E-state index in [0.29, 0.717) is 0 Å². The van der Waals surface area contributed by atoms with Gasteiger partial charge in [-0.25, -0.2) is 0 Å². The van der Waals surface area contributed by atoms with Crippen molar-refractivity contribution < 1.29 is 9.47 Å². The molecule has 0 atom stereocenters. The zero-order valence-electron chi connectivity index (χ0n) is 9.09. The molecule has 0 aromatic heterocycles.